The van der Waals surface area contributed by atoms with E-state index in [2.05, 4.69) is 47.8 Å². The van der Waals surface area contributed by atoms with Crippen molar-refractivity contribution >= 4 is 29.7 Å². The first-order chi connectivity index (χ1) is 30.5. The lowest BCUT2D eigenvalue weighted by atomic mass is 9.81. The highest BCUT2D eigenvalue weighted by molar-refractivity contribution is 5.97. The number of anilines is 3. The summed E-state index contributed by atoms with van der Waals surface area (Å²) in [5.41, 5.74) is 10.8. The number of hydrogen-bond acceptors (Lipinski definition) is 15. The Morgan fingerprint density at radius 3 is 2.08 bits per heavy atom. The number of benzene rings is 2. The average Bonchev–Trinajstić information content (AvgIpc) is 3.74. The average molecular weight is 861 g/mol. The number of phenolic OH excluding ortho intramolecular Hbond substituents is 2. The number of nitrogens with zero attached hydrogens (tertiary/aromatic N) is 11. The molecule has 2 aromatic carbocycles. The van der Waals surface area contributed by atoms with Crippen LogP contribution >= 0.6 is 0 Å². The predicted octanol–water partition coefficient (Wildman–Crippen LogP) is 3.71. The Kier molecular flexibility index (Phi) is 12.6. The molecule has 0 spiro atoms. The van der Waals surface area contributed by atoms with Crippen LogP contribution in [0.25, 0.3) is 11.4 Å². The highest BCUT2D eigenvalue weighted by atomic mass is 16.5. The van der Waals surface area contributed by atoms with E-state index in [-0.39, 0.29) is 46.7 Å². The van der Waals surface area contributed by atoms with Crippen molar-refractivity contribution < 1.29 is 24.5 Å². The van der Waals surface area contributed by atoms with Crippen LogP contribution in [0.2, 0.25) is 0 Å². The summed E-state index contributed by atoms with van der Waals surface area (Å²) in [5.74, 6) is 2.48. The molecule has 0 unspecified atom stereocenters. The number of rotatable bonds is 10. The van der Waals surface area contributed by atoms with Crippen LogP contribution in [0.4, 0.5) is 17.8 Å². The Balaban J connectivity index is 0.713. The Hall–Kier alpha value is -5.65. The van der Waals surface area contributed by atoms with Gasteiger partial charge in [-0.2, -0.15) is 15.0 Å². The predicted molar refractivity (Wildman–Crippen MR) is 238 cm³/mol. The van der Waals surface area contributed by atoms with Gasteiger partial charge in [-0.25, -0.2) is 9.97 Å². The highest BCUT2D eigenvalue weighted by Crippen LogP contribution is 2.35. The molecule has 2 aromatic heterocycles. The standard InChI is InChI=1S/C46H60N12O5/c1-30(2)37-22-38(40(60)23-39(37)59)43(62)58-28-34-8-5-32(21-35(34)29-58)27-54-11-9-53(10-12-54)26-31-3-6-33(7-4-31)42(61)55-13-15-56(16-14-55)45-50-41(36-24-48-44(47)49-25-36)51-46(52-45)57-17-19-63-20-18-57/h5,8,21-25,30-31,33,59-60H,3-4,6-7,9-20,26-29H2,1-2H3,(H2,47,48,49). The summed E-state index contributed by atoms with van der Waals surface area (Å²) in [4.78, 5) is 63.2. The van der Waals surface area contributed by atoms with Crippen LogP contribution in [0.3, 0.4) is 0 Å². The van der Waals surface area contributed by atoms with Crippen LogP contribution < -0.4 is 15.5 Å². The van der Waals surface area contributed by atoms with Crippen molar-refractivity contribution in [2.45, 2.75) is 65.1 Å². The number of nitrogen functional groups attached to an aromatic ring is 1. The van der Waals surface area contributed by atoms with Crippen LogP contribution in [0.15, 0.2) is 42.7 Å². The Morgan fingerprint density at radius 1 is 0.746 bits per heavy atom. The topological polar surface area (TPSA) is 194 Å². The zero-order chi connectivity index (χ0) is 43.6. The molecule has 4 N–H and O–H groups in total. The molecule has 9 rings (SSSR count). The molecular formula is C46H60N12O5. The number of nitrogens with two attached hydrogens (primary N) is 1. The lowest BCUT2D eigenvalue weighted by molar-refractivity contribution is -0.137. The summed E-state index contributed by atoms with van der Waals surface area (Å²) in [5, 5.41) is 20.8. The molecule has 6 heterocycles. The number of fused-ring (bicyclic) bond motifs is 1. The fraction of sp³-hybridized carbons (Fsp3) is 0.543. The van der Waals surface area contributed by atoms with Gasteiger partial charge in [-0.15, -0.1) is 0 Å². The third-order valence-electron chi connectivity index (χ3n) is 13.6. The molecule has 5 aliphatic rings. The molecule has 63 heavy (non-hydrogen) atoms. The third-order valence-corrected chi connectivity index (χ3v) is 13.6. The molecule has 2 amide bonds. The summed E-state index contributed by atoms with van der Waals surface area (Å²) in [6.07, 6.45) is 7.33. The molecule has 4 aromatic rings. The number of ether oxygens (including phenoxy) is 1. The quantitative estimate of drug-likeness (QED) is 0.209. The lowest BCUT2D eigenvalue weighted by Gasteiger charge is -2.40. The van der Waals surface area contributed by atoms with Gasteiger partial charge in [0.2, 0.25) is 23.8 Å². The molecule has 1 aliphatic carbocycles. The van der Waals surface area contributed by atoms with Gasteiger partial charge in [0, 0.05) is 116 Å². The molecule has 334 valence electrons. The van der Waals surface area contributed by atoms with E-state index >= 15 is 0 Å². The van der Waals surface area contributed by atoms with Crippen LogP contribution in [-0.2, 0) is 29.2 Å². The minimum atomic E-state index is -0.226. The number of morpholine rings is 1. The van der Waals surface area contributed by atoms with Gasteiger partial charge in [-0.05, 0) is 65.8 Å². The summed E-state index contributed by atoms with van der Waals surface area (Å²) in [6.45, 7) is 16.2. The lowest BCUT2D eigenvalue weighted by Crippen LogP contribution is -2.51. The number of phenols is 2. The van der Waals surface area contributed by atoms with Crippen molar-refractivity contribution in [2.24, 2.45) is 11.8 Å². The number of amides is 2. The van der Waals surface area contributed by atoms with Gasteiger partial charge in [0.1, 0.15) is 11.5 Å². The van der Waals surface area contributed by atoms with Crippen molar-refractivity contribution in [2.75, 3.05) is 101 Å². The number of aromatic nitrogens is 5. The van der Waals surface area contributed by atoms with Crippen molar-refractivity contribution in [1.82, 2.24) is 44.5 Å². The molecule has 0 atom stereocenters. The van der Waals surface area contributed by atoms with E-state index in [0.29, 0.717) is 100 Å². The second-order valence-corrected chi connectivity index (χ2v) is 18.1. The van der Waals surface area contributed by atoms with Gasteiger partial charge >= 0.3 is 0 Å². The van der Waals surface area contributed by atoms with E-state index in [9.17, 15) is 19.8 Å². The minimum absolute atomic E-state index is 0.00777. The van der Waals surface area contributed by atoms with Crippen LogP contribution in [0, 0.1) is 11.8 Å². The monoisotopic (exact) mass is 860 g/mol. The molecule has 0 radical (unpaired) electrons. The first kappa shape index (κ1) is 42.6. The van der Waals surface area contributed by atoms with Gasteiger partial charge in [0.15, 0.2) is 5.82 Å². The molecule has 0 bridgehead atoms. The molecule has 1 saturated carbocycles. The first-order valence-electron chi connectivity index (χ1n) is 22.7. The zero-order valence-electron chi connectivity index (χ0n) is 36.5. The van der Waals surface area contributed by atoms with Crippen molar-refractivity contribution in [3.63, 3.8) is 0 Å². The number of carbonyl (C=O) groups is 2. The van der Waals surface area contributed by atoms with Crippen LogP contribution in [-0.4, -0.2) is 152 Å². The second kappa shape index (κ2) is 18.6. The van der Waals surface area contributed by atoms with Crippen molar-refractivity contribution in [1.29, 1.82) is 0 Å². The minimum Gasteiger partial charge on any atom is -0.508 e. The normalized spacial score (nSPS) is 21.3. The number of piperazine rings is 2. The number of carbonyl (C=O) groups excluding carboxylic acids is 2. The summed E-state index contributed by atoms with van der Waals surface area (Å²) >= 11 is 0. The van der Waals surface area contributed by atoms with Gasteiger partial charge < -0.3 is 45.2 Å². The second-order valence-electron chi connectivity index (χ2n) is 18.1. The van der Waals surface area contributed by atoms with Gasteiger partial charge in [0.25, 0.3) is 5.91 Å². The Bertz CT molecular complexity index is 2260. The number of aromatic hydroxyl groups is 2. The SMILES string of the molecule is CC(C)c1cc(C(=O)N2Cc3ccc(CN4CCN(CC5CCC(C(=O)N6CCN(c7nc(-c8cnc(N)nc8)nc(N8CCOCC8)n7)CC6)CC5)CC4)cc3C2)c(O)cc1O. The molecule has 17 heteroatoms. The van der Waals surface area contributed by atoms with E-state index in [1.54, 1.807) is 23.4 Å². The van der Waals surface area contributed by atoms with E-state index in [1.165, 1.54) is 11.6 Å². The maximum Gasteiger partial charge on any atom is 0.258 e. The summed E-state index contributed by atoms with van der Waals surface area (Å²) in [6, 6.07) is 9.46. The largest absolute Gasteiger partial charge is 0.508 e. The Morgan fingerprint density at radius 2 is 1.40 bits per heavy atom. The first-order valence-corrected chi connectivity index (χ1v) is 22.7. The van der Waals surface area contributed by atoms with Crippen LogP contribution in [0.5, 0.6) is 11.5 Å². The molecule has 4 fully saturated rings. The van der Waals surface area contributed by atoms with E-state index in [1.807, 2.05) is 18.7 Å². The smallest absolute Gasteiger partial charge is 0.258 e. The van der Waals surface area contributed by atoms with Gasteiger partial charge in [-0.3, -0.25) is 14.5 Å². The van der Waals surface area contributed by atoms with Crippen molar-refractivity contribution in [3.05, 3.63) is 70.5 Å². The van der Waals surface area contributed by atoms with Gasteiger partial charge in [-0.1, -0.05) is 32.0 Å². The fourth-order valence-electron chi connectivity index (χ4n) is 9.80. The molecule has 3 saturated heterocycles. The molecule has 4 aliphatic heterocycles. The zero-order valence-corrected chi connectivity index (χ0v) is 36.5. The fourth-order valence-corrected chi connectivity index (χ4v) is 9.80. The summed E-state index contributed by atoms with van der Waals surface area (Å²) in [7, 11) is 0. The molecular weight excluding hydrogens is 801 g/mol. The molecule has 17 nitrogen and oxygen atoms in total. The highest BCUT2D eigenvalue weighted by Gasteiger charge is 2.34. The number of hydrogen-bond donors (Lipinski definition) is 3. The van der Waals surface area contributed by atoms with Crippen LogP contribution in [0.1, 0.15) is 78.1 Å². The maximum absolute atomic E-state index is 13.8. The van der Waals surface area contributed by atoms with E-state index in [0.717, 1.165) is 76.1 Å². The van der Waals surface area contributed by atoms with Gasteiger partial charge in [0.05, 0.1) is 24.3 Å². The van der Waals surface area contributed by atoms with E-state index < -0.39 is 0 Å². The maximum atomic E-state index is 13.8. The van der Waals surface area contributed by atoms with E-state index in [4.69, 9.17) is 25.4 Å². The Labute approximate surface area is 368 Å². The summed E-state index contributed by atoms with van der Waals surface area (Å²) < 4.78 is 5.56. The van der Waals surface area contributed by atoms with Crippen molar-refractivity contribution in [3.8, 4) is 22.9 Å². The third kappa shape index (κ3) is 9.65.